The second-order valence-electron chi connectivity index (χ2n) is 8.92. The summed E-state index contributed by atoms with van der Waals surface area (Å²) in [6.07, 6.45) is 0.0304. The first-order valence-electron chi connectivity index (χ1n) is 12.0. The van der Waals surface area contributed by atoms with Crippen molar-refractivity contribution in [1.29, 1.82) is 0 Å². The third-order valence-electron chi connectivity index (χ3n) is 6.37. The molecule has 1 amide bonds. The number of halogens is 1. The summed E-state index contributed by atoms with van der Waals surface area (Å²) in [6.45, 7) is 2.08. The van der Waals surface area contributed by atoms with Crippen LogP contribution in [0, 0.1) is 6.92 Å². The Morgan fingerprint density at radius 2 is 1.89 bits per heavy atom. The quantitative estimate of drug-likeness (QED) is 0.316. The van der Waals surface area contributed by atoms with Crippen molar-refractivity contribution in [3.05, 3.63) is 100 Å². The Bertz CT molecular complexity index is 1520. The van der Waals surface area contributed by atoms with Crippen molar-refractivity contribution in [2.75, 3.05) is 7.11 Å². The van der Waals surface area contributed by atoms with Gasteiger partial charge in [0.25, 0.3) is 0 Å². The lowest BCUT2D eigenvalue weighted by atomic mass is 9.79. The largest absolute Gasteiger partial charge is 0.497 e. The van der Waals surface area contributed by atoms with E-state index in [0.29, 0.717) is 33.6 Å². The summed E-state index contributed by atoms with van der Waals surface area (Å²) >= 11 is 6.15. The van der Waals surface area contributed by atoms with Gasteiger partial charge in [-0.25, -0.2) is 0 Å². The van der Waals surface area contributed by atoms with Crippen LogP contribution in [0.15, 0.2) is 71.7 Å². The molecule has 0 bridgehead atoms. The van der Waals surface area contributed by atoms with Crippen molar-refractivity contribution in [2.45, 2.75) is 25.9 Å². The van der Waals surface area contributed by atoms with Crippen molar-refractivity contribution >= 4 is 35.8 Å². The van der Waals surface area contributed by atoms with Crippen LogP contribution >= 0.6 is 11.6 Å². The number of nitrogens with zero attached hydrogens (tertiary/aromatic N) is 4. The highest BCUT2D eigenvalue weighted by Crippen LogP contribution is 2.34. The maximum absolute atomic E-state index is 13.1. The van der Waals surface area contributed by atoms with E-state index in [4.69, 9.17) is 21.3 Å². The molecular formula is C27H25BClN5O4. The highest BCUT2D eigenvalue weighted by atomic mass is 35.5. The van der Waals surface area contributed by atoms with E-state index < -0.39 is 13.2 Å². The van der Waals surface area contributed by atoms with Crippen LogP contribution in [0.2, 0.25) is 5.02 Å². The van der Waals surface area contributed by atoms with Crippen LogP contribution < -0.4 is 15.5 Å². The molecule has 9 nitrogen and oxygen atoms in total. The van der Waals surface area contributed by atoms with E-state index in [2.05, 4.69) is 15.5 Å². The summed E-state index contributed by atoms with van der Waals surface area (Å²) in [5.41, 5.74) is 4.27. The number of aromatic nitrogens is 3. The zero-order valence-electron chi connectivity index (χ0n) is 20.8. The summed E-state index contributed by atoms with van der Waals surface area (Å²) in [5.74, 6) is 1.66. The highest BCUT2D eigenvalue weighted by molar-refractivity contribution is 6.58. The van der Waals surface area contributed by atoms with Crippen LogP contribution in [-0.4, -0.2) is 50.7 Å². The van der Waals surface area contributed by atoms with Gasteiger partial charge in [0, 0.05) is 22.7 Å². The number of benzene rings is 3. The fourth-order valence-electron chi connectivity index (χ4n) is 4.49. The molecule has 0 unspecified atom stereocenters. The molecule has 1 aliphatic heterocycles. The lowest BCUT2D eigenvalue weighted by Gasteiger charge is -2.14. The zero-order chi connectivity index (χ0) is 26.8. The van der Waals surface area contributed by atoms with Gasteiger partial charge in [-0.2, -0.15) is 0 Å². The lowest BCUT2D eigenvalue weighted by molar-refractivity contribution is -0.121. The molecule has 0 radical (unpaired) electrons. The first-order valence-corrected chi connectivity index (χ1v) is 12.4. The van der Waals surface area contributed by atoms with Crippen LogP contribution in [0.5, 0.6) is 5.75 Å². The smallest absolute Gasteiger partial charge is 0.488 e. The molecule has 0 fully saturated rings. The topological polar surface area (TPSA) is 122 Å². The number of nitrogens with one attached hydrogen (secondary N) is 1. The van der Waals surface area contributed by atoms with E-state index >= 15 is 0 Å². The molecule has 1 aromatic heterocycles. The fourth-order valence-corrected chi connectivity index (χ4v) is 4.61. The van der Waals surface area contributed by atoms with E-state index in [-0.39, 0.29) is 18.9 Å². The number of ether oxygens (including phenoxy) is 1. The van der Waals surface area contributed by atoms with Gasteiger partial charge in [-0.3, -0.25) is 14.4 Å². The first kappa shape index (κ1) is 25.7. The Balaban J connectivity index is 1.51. The predicted molar refractivity (Wildman–Crippen MR) is 145 cm³/mol. The second-order valence-corrected chi connectivity index (χ2v) is 9.36. The zero-order valence-corrected chi connectivity index (χ0v) is 21.6. The minimum atomic E-state index is -1.58. The molecule has 0 spiro atoms. The van der Waals surface area contributed by atoms with Gasteiger partial charge < -0.3 is 20.1 Å². The summed E-state index contributed by atoms with van der Waals surface area (Å²) in [5, 5.41) is 31.1. The number of methoxy groups -OCH3 is 1. The van der Waals surface area contributed by atoms with Gasteiger partial charge in [0.05, 0.1) is 24.9 Å². The average molecular weight is 530 g/mol. The maximum atomic E-state index is 13.1. The molecule has 0 aliphatic carbocycles. The molecular weight excluding hydrogens is 505 g/mol. The molecule has 38 heavy (non-hydrogen) atoms. The third kappa shape index (κ3) is 5.19. The molecule has 1 aliphatic rings. The molecule has 11 heteroatoms. The van der Waals surface area contributed by atoms with E-state index in [1.165, 1.54) is 0 Å². The normalized spacial score (nSPS) is 14.1. The van der Waals surface area contributed by atoms with Crippen LogP contribution in [-0.2, 0) is 11.3 Å². The Labute approximate surface area is 224 Å². The monoisotopic (exact) mass is 529 g/mol. The fraction of sp³-hybridized carbons (Fsp3) is 0.185. The third-order valence-corrected chi connectivity index (χ3v) is 6.62. The number of hydrogen-bond acceptors (Lipinski definition) is 7. The molecule has 192 valence electrons. The van der Waals surface area contributed by atoms with E-state index in [1.807, 2.05) is 41.8 Å². The van der Waals surface area contributed by atoms with Crippen LogP contribution in [0.1, 0.15) is 40.8 Å². The van der Waals surface area contributed by atoms with Crippen molar-refractivity contribution in [2.24, 2.45) is 4.99 Å². The van der Waals surface area contributed by atoms with Crippen molar-refractivity contribution in [3.63, 3.8) is 0 Å². The Morgan fingerprint density at radius 3 is 2.63 bits per heavy atom. The molecule has 4 aromatic rings. The number of fused-ring (bicyclic) bond motifs is 3. The summed E-state index contributed by atoms with van der Waals surface area (Å²) < 4.78 is 7.42. The van der Waals surface area contributed by atoms with Crippen molar-refractivity contribution in [3.8, 4) is 11.4 Å². The van der Waals surface area contributed by atoms with Crippen LogP contribution in [0.4, 0.5) is 0 Å². The van der Waals surface area contributed by atoms with E-state index in [9.17, 15) is 14.8 Å². The molecule has 3 N–H and O–H groups in total. The average Bonchev–Trinajstić information content (AvgIpc) is 3.25. The second kappa shape index (κ2) is 10.8. The van der Waals surface area contributed by atoms with Crippen LogP contribution in [0.3, 0.4) is 0 Å². The minimum Gasteiger partial charge on any atom is -0.497 e. The highest BCUT2D eigenvalue weighted by Gasteiger charge is 2.30. The molecule has 1 atom stereocenters. The molecule has 5 rings (SSSR count). The van der Waals surface area contributed by atoms with Gasteiger partial charge in [-0.1, -0.05) is 48.0 Å². The lowest BCUT2D eigenvalue weighted by Crippen LogP contribution is -2.31. The standard InChI is InChI=1S/C27H25BClN5O4/c1-16-32-33-27-23(14-25(35)30-15-17-4-3-5-19(12-17)28(36)37)31-26(18-6-8-20(29)9-7-18)22-13-21(38-2)10-11-24(22)34(16)27/h3-13,23,36-37H,14-15H2,1-2H3,(H,30,35)/t23-/m0/s1. The number of carbonyl (C=O) groups excluding carboxylic acids is 1. The number of amides is 1. The molecule has 0 saturated heterocycles. The van der Waals surface area contributed by atoms with Crippen LogP contribution in [0.25, 0.3) is 5.69 Å². The molecule has 2 heterocycles. The summed E-state index contributed by atoms with van der Waals surface area (Å²) in [4.78, 5) is 18.2. The maximum Gasteiger partial charge on any atom is 0.488 e. The molecule has 0 saturated carbocycles. The van der Waals surface area contributed by atoms with E-state index in [1.54, 1.807) is 43.5 Å². The number of aryl methyl sites for hydroxylation is 1. The summed E-state index contributed by atoms with van der Waals surface area (Å²) in [7, 11) is 0.0315. The number of rotatable bonds is 7. The summed E-state index contributed by atoms with van der Waals surface area (Å²) in [6, 6.07) is 19.2. The van der Waals surface area contributed by atoms with Gasteiger partial charge in [0.15, 0.2) is 5.82 Å². The van der Waals surface area contributed by atoms with Crippen molar-refractivity contribution < 1.29 is 19.6 Å². The van der Waals surface area contributed by atoms with E-state index in [0.717, 1.165) is 22.4 Å². The van der Waals surface area contributed by atoms with Gasteiger partial charge in [-0.05, 0) is 48.3 Å². The van der Waals surface area contributed by atoms with Gasteiger partial charge in [-0.15, -0.1) is 10.2 Å². The molecule has 3 aromatic carbocycles. The number of carbonyl (C=O) groups is 1. The van der Waals surface area contributed by atoms with Gasteiger partial charge >= 0.3 is 7.12 Å². The predicted octanol–water partition coefficient (Wildman–Crippen LogP) is 2.52. The minimum absolute atomic E-state index is 0.0304. The van der Waals surface area contributed by atoms with Gasteiger partial charge in [0.1, 0.15) is 17.6 Å². The van der Waals surface area contributed by atoms with Gasteiger partial charge in [0.2, 0.25) is 5.91 Å². The SMILES string of the molecule is COc1ccc2c(c1)C(c1ccc(Cl)cc1)=N[C@@H](CC(=O)NCc1cccc(B(O)O)c1)c1nnc(C)n1-2. The number of hydrogen-bond donors (Lipinski definition) is 3. The Morgan fingerprint density at radius 1 is 1.11 bits per heavy atom. The van der Waals surface area contributed by atoms with Crippen molar-refractivity contribution in [1.82, 2.24) is 20.1 Å². The first-order chi connectivity index (χ1) is 18.3. The number of aliphatic imine (C=N–C) groups is 1. The Kier molecular flexibility index (Phi) is 7.28. The Hall–Kier alpha value is -3.99.